The number of aliphatic hydroxyl groups excluding tert-OH is 1. The summed E-state index contributed by atoms with van der Waals surface area (Å²) in [7, 11) is 1.31. The lowest BCUT2D eigenvalue weighted by atomic mass is 9.85. The summed E-state index contributed by atoms with van der Waals surface area (Å²) in [4.78, 5) is 11.5. The Hall–Kier alpha value is -1.35. The number of rotatable bonds is 3. The zero-order chi connectivity index (χ0) is 12.6. The minimum atomic E-state index is -1.05. The van der Waals surface area contributed by atoms with E-state index in [2.05, 4.69) is 4.74 Å². The van der Waals surface area contributed by atoms with Crippen LogP contribution in [-0.4, -0.2) is 24.3 Å². The van der Waals surface area contributed by atoms with E-state index in [-0.39, 0.29) is 0 Å². The van der Waals surface area contributed by atoms with Crippen LogP contribution in [0.1, 0.15) is 29.5 Å². The van der Waals surface area contributed by atoms with Crippen molar-refractivity contribution in [1.29, 1.82) is 0 Å². The van der Waals surface area contributed by atoms with Gasteiger partial charge >= 0.3 is 5.97 Å². The molecule has 1 aromatic rings. The van der Waals surface area contributed by atoms with Crippen LogP contribution in [0, 0.1) is 13.8 Å². The highest BCUT2D eigenvalue weighted by Gasteiger charge is 2.54. The number of esters is 1. The average Bonchev–Trinajstić information content (AvgIpc) is 3.12. The van der Waals surface area contributed by atoms with Gasteiger partial charge in [0.1, 0.15) is 0 Å². The molecule has 17 heavy (non-hydrogen) atoms. The third-order valence-electron chi connectivity index (χ3n) is 3.88. The number of carbonyl (C=O) groups is 1. The number of ether oxygens (including phenoxy) is 1. The molecule has 1 saturated carbocycles. The zero-order valence-corrected chi connectivity index (χ0v) is 10.5. The van der Waals surface area contributed by atoms with Crippen LogP contribution in [-0.2, 0) is 14.9 Å². The molecule has 0 heterocycles. The van der Waals surface area contributed by atoms with Crippen molar-refractivity contribution in [1.82, 2.24) is 0 Å². The Morgan fingerprint density at radius 2 is 2.06 bits per heavy atom. The number of benzene rings is 1. The molecule has 1 aromatic carbocycles. The van der Waals surface area contributed by atoms with E-state index in [1.54, 1.807) is 0 Å². The predicted octanol–water partition coefficient (Wildman–Crippen LogP) is 1.87. The molecule has 1 aliphatic rings. The number of carbonyl (C=O) groups excluding carboxylic acids is 1. The van der Waals surface area contributed by atoms with Crippen LogP contribution < -0.4 is 0 Å². The number of aliphatic hydroxyl groups is 1. The number of hydrogen-bond donors (Lipinski definition) is 1. The summed E-state index contributed by atoms with van der Waals surface area (Å²) in [6.07, 6.45) is 0.634. The van der Waals surface area contributed by atoms with E-state index in [1.807, 2.05) is 32.0 Å². The van der Waals surface area contributed by atoms with Gasteiger partial charge in [0.15, 0.2) is 6.10 Å². The molecule has 2 rings (SSSR count). The Bertz CT molecular complexity index is 447. The van der Waals surface area contributed by atoms with Crippen molar-refractivity contribution >= 4 is 5.97 Å². The van der Waals surface area contributed by atoms with E-state index in [4.69, 9.17) is 0 Å². The van der Waals surface area contributed by atoms with Crippen LogP contribution >= 0.6 is 0 Å². The van der Waals surface area contributed by atoms with Gasteiger partial charge in [0.25, 0.3) is 0 Å². The highest BCUT2D eigenvalue weighted by Crippen LogP contribution is 2.52. The van der Waals surface area contributed by atoms with Gasteiger partial charge in [-0.15, -0.1) is 0 Å². The van der Waals surface area contributed by atoms with Crippen LogP contribution in [0.4, 0.5) is 0 Å². The molecular formula is C14H18O3. The summed E-state index contributed by atoms with van der Waals surface area (Å²) >= 11 is 0. The second-order valence-electron chi connectivity index (χ2n) is 4.83. The first-order valence-corrected chi connectivity index (χ1v) is 5.85. The minimum absolute atomic E-state index is 0.413. The van der Waals surface area contributed by atoms with Crippen molar-refractivity contribution in [3.63, 3.8) is 0 Å². The monoisotopic (exact) mass is 234 g/mol. The number of hydrogen-bond acceptors (Lipinski definition) is 3. The van der Waals surface area contributed by atoms with Crippen molar-refractivity contribution in [3.05, 3.63) is 34.9 Å². The Kier molecular flexibility index (Phi) is 2.96. The third kappa shape index (κ3) is 1.84. The molecule has 1 N–H and O–H groups in total. The number of aryl methyl sites for hydroxylation is 1. The van der Waals surface area contributed by atoms with Gasteiger partial charge in [-0.05, 0) is 43.4 Å². The zero-order valence-electron chi connectivity index (χ0n) is 10.5. The van der Waals surface area contributed by atoms with Crippen LogP contribution in [0.2, 0.25) is 0 Å². The topological polar surface area (TPSA) is 46.5 Å². The van der Waals surface area contributed by atoms with E-state index in [0.717, 1.165) is 24.0 Å². The van der Waals surface area contributed by atoms with Crippen molar-refractivity contribution in [2.75, 3.05) is 7.11 Å². The molecule has 0 spiro atoms. The fraction of sp³-hybridized carbons (Fsp3) is 0.500. The van der Waals surface area contributed by atoms with Gasteiger partial charge in [-0.1, -0.05) is 18.2 Å². The van der Waals surface area contributed by atoms with Gasteiger partial charge in [0.05, 0.1) is 7.11 Å². The Morgan fingerprint density at radius 1 is 1.41 bits per heavy atom. The highest BCUT2D eigenvalue weighted by atomic mass is 16.5. The summed E-state index contributed by atoms with van der Waals surface area (Å²) in [5.74, 6) is -0.539. The maximum absolute atomic E-state index is 11.5. The maximum Gasteiger partial charge on any atom is 0.335 e. The predicted molar refractivity (Wildman–Crippen MR) is 64.9 cm³/mol. The Morgan fingerprint density at radius 3 is 2.59 bits per heavy atom. The summed E-state index contributed by atoms with van der Waals surface area (Å²) in [6, 6.07) is 6.02. The standard InChI is InChI=1S/C14H18O3/c1-9-5-4-6-11(10(9)2)14(7-8-14)12(15)13(16)17-3/h4-6,12,15H,7-8H2,1-3H3. The van der Waals surface area contributed by atoms with Gasteiger partial charge in [0.2, 0.25) is 0 Å². The molecule has 0 radical (unpaired) electrons. The van der Waals surface area contributed by atoms with Crippen LogP contribution in [0.3, 0.4) is 0 Å². The largest absolute Gasteiger partial charge is 0.467 e. The molecule has 1 aliphatic carbocycles. The molecule has 1 unspecified atom stereocenters. The van der Waals surface area contributed by atoms with E-state index in [0.29, 0.717) is 0 Å². The van der Waals surface area contributed by atoms with Gasteiger partial charge in [-0.2, -0.15) is 0 Å². The van der Waals surface area contributed by atoms with Crippen molar-refractivity contribution < 1.29 is 14.6 Å². The van der Waals surface area contributed by atoms with Gasteiger partial charge in [-0.25, -0.2) is 4.79 Å². The lowest BCUT2D eigenvalue weighted by Gasteiger charge is -2.23. The molecule has 3 heteroatoms. The molecule has 0 amide bonds. The van der Waals surface area contributed by atoms with Crippen LogP contribution in [0.25, 0.3) is 0 Å². The van der Waals surface area contributed by atoms with E-state index in [1.165, 1.54) is 12.7 Å². The second-order valence-corrected chi connectivity index (χ2v) is 4.83. The Balaban J connectivity index is 2.39. The molecule has 0 aromatic heterocycles. The molecule has 92 valence electrons. The van der Waals surface area contributed by atoms with E-state index < -0.39 is 17.5 Å². The average molecular weight is 234 g/mol. The molecule has 0 bridgehead atoms. The van der Waals surface area contributed by atoms with Crippen molar-refractivity contribution in [3.8, 4) is 0 Å². The Labute approximate surface area is 101 Å². The van der Waals surface area contributed by atoms with Crippen LogP contribution in [0.15, 0.2) is 18.2 Å². The van der Waals surface area contributed by atoms with Crippen molar-refractivity contribution in [2.45, 2.75) is 38.2 Å². The first-order chi connectivity index (χ1) is 8.03. The van der Waals surface area contributed by atoms with Crippen molar-refractivity contribution in [2.24, 2.45) is 0 Å². The summed E-state index contributed by atoms with van der Waals surface area (Å²) < 4.78 is 4.64. The first kappa shape index (κ1) is 12.1. The third-order valence-corrected chi connectivity index (χ3v) is 3.88. The molecule has 1 fully saturated rings. The lowest BCUT2D eigenvalue weighted by molar-refractivity contribution is -0.152. The summed E-state index contributed by atoms with van der Waals surface area (Å²) in [5, 5.41) is 10.1. The van der Waals surface area contributed by atoms with E-state index in [9.17, 15) is 9.90 Å². The smallest absolute Gasteiger partial charge is 0.335 e. The second kappa shape index (κ2) is 4.15. The van der Waals surface area contributed by atoms with Gasteiger partial charge < -0.3 is 9.84 Å². The fourth-order valence-electron chi connectivity index (χ4n) is 2.45. The fourth-order valence-corrected chi connectivity index (χ4v) is 2.45. The molecular weight excluding hydrogens is 216 g/mol. The summed E-state index contributed by atoms with van der Waals surface area (Å²) in [6.45, 7) is 4.08. The van der Waals surface area contributed by atoms with Gasteiger partial charge in [-0.3, -0.25) is 0 Å². The molecule has 1 atom stereocenters. The van der Waals surface area contributed by atoms with Crippen LogP contribution in [0.5, 0.6) is 0 Å². The SMILES string of the molecule is COC(=O)C(O)C1(c2cccc(C)c2C)CC1. The lowest BCUT2D eigenvalue weighted by Crippen LogP contribution is -2.35. The molecule has 3 nitrogen and oxygen atoms in total. The number of methoxy groups -OCH3 is 1. The summed E-state index contributed by atoms with van der Waals surface area (Å²) in [5.41, 5.74) is 3.01. The molecule has 0 saturated heterocycles. The minimum Gasteiger partial charge on any atom is -0.467 e. The normalized spacial score (nSPS) is 18.6. The first-order valence-electron chi connectivity index (χ1n) is 5.85. The molecule has 0 aliphatic heterocycles. The quantitative estimate of drug-likeness (QED) is 0.812. The maximum atomic E-state index is 11.5. The van der Waals surface area contributed by atoms with Gasteiger partial charge in [0, 0.05) is 5.41 Å². The highest BCUT2D eigenvalue weighted by molar-refractivity contribution is 5.78. The van der Waals surface area contributed by atoms with E-state index >= 15 is 0 Å².